The van der Waals surface area contributed by atoms with Crippen LogP contribution in [0.2, 0.25) is 0 Å². The summed E-state index contributed by atoms with van der Waals surface area (Å²) in [6, 6.07) is 25.9. The second-order valence-electron chi connectivity index (χ2n) is 8.99. The predicted octanol–water partition coefficient (Wildman–Crippen LogP) is 4.77. The van der Waals surface area contributed by atoms with Gasteiger partial charge in [-0.05, 0) is 42.8 Å². The highest BCUT2D eigenvalue weighted by Gasteiger charge is 2.60. The minimum absolute atomic E-state index is 0.0578. The lowest BCUT2D eigenvalue weighted by Gasteiger charge is -2.44. The van der Waals surface area contributed by atoms with Crippen molar-refractivity contribution in [2.24, 2.45) is 0 Å². The second kappa shape index (κ2) is 8.27. The number of hydrogen-bond donors (Lipinski definition) is 1. The molecule has 6 rings (SSSR count). The summed E-state index contributed by atoms with van der Waals surface area (Å²) >= 11 is 0. The van der Waals surface area contributed by atoms with Gasteiger partial charge < -0.3 is 10.2 Å². The van der Waals surface area contributed by atoms with Gasteiger partial charge in [-0.1, -0.05) is 48.5 Å². The van der Waals surface area contributed by atoms with Crippen LogP contribution in [0.1, 0.15) is 27.2 Å². The number of hydrogen-bond acceptors (Lipinski definition) is 6. The van der Waals surface area contributed by atoms with Crippen LogP contribution in [-0.4, -0.2) is 21.7 Å². The van der Waals surface area contributed by atoms with E-state index < -0.39 is 10.6 Å². The molecule has 0 saturated heterocycles. The first kappa shape index (κ1) is 22.4. The Hall–Kier alpha value is -5.05. The zero-order valence-corrected chi connectivity index (χ0v) is 19.8. The zero-order valence-electron chi connectivity index (χ0n) is 19.8. The van der Waals surface area contributed by atoms with Gasteiger partial charge in [-0.3, -0.25) is 24.6 Å². The first-order chi connectivity index (χ1) is 17.9. The van der Waals surface area contributed by atoms with Crippen molar-refractivity contribution in [3.63, 3.8) is 0 Å². The number of rotatable bonds is 4. The number of carbonyl (C=O) groups is 2. The molecule has 2 amide bonds. The van der Waals surface area contributed by atoms with Crippen LogP contribution in [0.3, 0.4) is 0 Å². The molecule has 3 heterocycles. The third kappa shape index (κ3) is 3.35. The zero-order chi connectivity index (χ0) is 25.7. The van der Waals surface area contributed by atoms with E-state index in [9.17, 15) is 19.7 Å². The topological polar surface area (TPSA) is 109 Å². The molecule has 182 valence electrons. The molecule has 0 saturated carbocycles. The maximum absolute atomic E-state index is 14.5. The fourth-order valence-corrected chi connectivity index (χ4v) is 5.11. The maximum atomic E-state index is 14.5. The molecule has 37 heavy (non-hydrogen) atoms. The summed E-state index contributed by atoms with van der Waals surface area (Å²) in [6.45, 7) is 1.91. The standard InChI is InChI=1S/C28H21N5O4/c1-18-8-6-15-25(29-18)32-26(34)21-11-2-4-13-23(21)30-28(32)22-12-3-5-14-24(22)31(27(28)35)17-19-9-7-10-20(16-19)33(36)37/h2-16,30H,17H2,1H3. The fraction of sp³-hybridized carbons (Fsp3) is 0.107. The molecule has 1 aromatic heterocycles. The fourth-order valence-electron chi connectivity index (χ4n) is 5.11. The van der Waals surface area contributed by atoms with Gasteiger partial charge in [0, 0.05) is 29.1 Å². The van der Waals surface area contributed by atoms with E-state index in [-0.39, 0.29) is 24.0 Å². The van der Waals surface area contributed by atoms with Crippen molar-refractivity contribution in [1.29, 1.82) is 0 Å². The summed E-state index contributed by atoms with van der Waals surface area (Å²) in [5, 5.41) is 14.7. The Morgan fingerprint density at radius 3 is 2.51 bits per heavy atom. The van der Waals surface area contributed by atoms with Gasteiger partial charge in [0.1, 0.15) is 5.82 Å². The van der Waals surface area contributed by atoms with Crippen molar-refractivity contribution in [3.05, 3.63) is 123 Å². The molecule has 4 aromatic rings. The van der Waals surface area contributed by atoms with Crippen molar-refractivity contribution >= 4 is 34.7 Å². The van der Waals surface area contributed by atoms with Crippen molar-refractivity contribution in [1.82, 2.24) is 4.98 Å². The van der Waals surface area contributed by atoms with Crippen LogP contribution in [0.4, 0.5) is 22.9 Å². The summed E-state index contributed by atoms with van der Waals surface area (Å²) < 4.78 is 0. The maximum Gasteiger partial charge on any atom is 0.279 e. The van der Waals surface area contributed by atoms with Gasteiger partial charge in [0.2, 0.25) is 5.66 Å². The Balaban J connectivity index is 1.55. The lowest BCUT2D eigenvalue weighted by molar-refractivity contribution is -0.384. The van der Waals surface area contributed by atoms with E-state index in [1.54, 1.807) is 53.4 Å². The van der Waals surface area contributed by atoms with Crippen LogP contribution < -0.4 is 15.1 Å². The highest BCUT2D eigenvalue weighted by molar-refractivity contribution is 6.22. The molecule has 9 nitrogen and oxygen atoms in total. The molecule has 0 fully saturated rings. The second-order valence-corrected chi connectivity index (χ2v) is 8.99. The minimum atomic E-state index is -1.59. The predicted molar refractivity (Wildman–Crippen MR) is 138 cm³/mol. The Labute approximate surface area is 212 Å². The molecule has 0 aliphatic carbocycles. The molecular weight excluding hydrogens is 470 g/mol. The van der Waals surface area contributed by atoms with Gasteiger partial charge in [0.05, 0.1) is 22.7 Å². The number of carbonyl (C=O) groups excluding carboxylic acids is 2. The average molecular weight is 492 g/mol. The lowest BCUT2D eigenvalue weighted by atomic mass is 9.93. The quantitative estimate of drug-likeness (QED) is 0.325. The van der Waals surface area contributed by atoms with Crippen molar-refractivity contribution in [2.45, 2.75) is 19.1 Å². The Bertz CT molecular complexity index is 1600. The highest BCUT2D eigenvalue weighted by Crippen LogP contribution is 2.49. The summed E-state index contributed by atoms with van der Waals surface area (Å²) in [5.41, 5.74) is 1.81. The van der Waals surface area contributed by atoms with Crippen molar-refractivity contribution in [3.8, 4) is 0 Å². The number of para-hydroxylation sites is 2. The number of aromatic nitrogens is 1. The molecule has 0 radical (unpaired) electrons. The van der Waals surface area contributed by atoms with Crippen molar-refractivity contribution in [2.75, 3.05) is 15.1 Å². The number of anilines is 3. The summed E-state index contributed by atoms with van der Waals surface area (Å²) in [6.07, 6.45) is 0. The van der Waals surface area contributed by atoms with Crippen LogP contribution in [0.5, 0.6) is 0 Å². The molecule has 0 bridgehead atoms. The van der Waals surface area contributed by atoms with E-state index in [2.05, 4.69) is 10.3 Å². The number of pyridine rings is 1. The van der Waals surface area contributed by atoms with E-state index in [1.165, 1.54) is 17.0 Å². The number of amides is 2. The number of nitro groups is 1. The summed E-state index contributed by atoms with van der Waals surface area (Å²) in [4.78, 5) is 47.0. The van der Waals surface area contributed by atoms with E-state index in [0.29, 0.717) is 39.6 Å². The van der Waals surface area contributed by atoms with E-state index in [4.69, 9.17) is 0 Å². The SMILES string of the molecule is Cc1cccc(N2C(=O)c3ccccc3NC23C(=O)N(Cc2cccc([N+](=O)[O-])c2)c2ccccc23)n1. The number of benzene rings is 3. The Kier molecular flexibility index (Phi) is 5.01. The highest BCUT2D eigenvalue weighted by atomic mass is 16.6. The van der Waals surface area contributed by atoms with Gasteiger partial charge >= 0.3 is 0 Å². The molecule has 3 aromatic carbocycles. The van der Waals surface area contributed by atoms with Gasteiger partial charge in [0.25, 0.3) is 17.5 Å². The van der Waals surface area contributed by atoms with Crippen LogP contribution >= 0.6 is 0 Å². The first-order valence-corrected chi connectivity index (χ1v) is 11.7. The molecule has 2 aliphatic heterocycles. The average Bonchev–Trinajstić information content (AvgIpc) is 3.12. The van der Waals surface area contributed by atoms with Gasteiger partial charge in [0.15, 0.2) is 0 Å². The first-order valence-electron chi connectivity index (χ1n) is 11.7. The number of nitrogens with zero attached hydrogens (tertiary/aromatic N) is 4. The van der Waals surface area contributed by atoms with E-state index in [1.807, 2.05) is 37.3 Å². The molecule has 1 N–H and O–H groups in total. The summed E-state index contributed by atoms with van der Waals surface area (Å²) in [5.74, 6) is -0.397. The third-order valence-corrected chi connectivity index (χ3v) is 6.72. The lowest BCUT2D eigenvalue weighted by Crippen LogP contribution is -2.63. The molecule has 1 atom stereocenters. The number of nitrogens with one attached hydrogen (secondary N) is 1. The molecule has 2 aliphatic rings. The van der Waals surface area contributed by atoms with Gasteiger partial charge in [-0.2, -0.15) is 0 Å². The third-order valence-electron chi connectivity index (χ3n) is 6.72. The molecule has 9 heteroatoms. The minimum Gasteiger partial charge on any atom is -0.350 e. The van der Waals surface area contributed by atoms with Gasteiger partial charge in [-0.15, -0.1) is 0 Å². The monoisotopic (exact) mass is 491 g/mol. The van der Waals surface area contributed by atoms with E-state index in [0.717, 1.165) is 0 Å². The Morgan fingerprint density at radius 2 is 1.70 bits per heavy atom. The van der Waals surface area contributed by atoms with E-state index >= 15 is 0 Å². The van der Waals surface area contributed by atoms with Gasteiger partial charge in [-0.25, -0.2) is 4.98 Å². The molecular formula is C28H21N5O4. The van der Waals surface area contributed by atoms with Crippen LogP contribution in [0.25, 0.3) is 0 Å². The molecule has 1 spiro atoms. The Morgan fingerprint density at radius 1 is 0.946 bits per heavy atom. The number of aryl methyl sites for hydroxylation is 1. The van der Waals surface area contributed by atoms with Crippen molar-refractivity contribution < 1.29 is 14.5 Å². The van der Waals surface area contributed by atoms with Crippen LogP contribution in [0.15, 0.2) is 91.0 Å². The van der Waals surface area contributed by atoms with Crippen LogP contribution in [0, 0.1) is 17.0 Å². The van der Waals surface area contributed by atoms with Crippen LogP contribution in [-0.2, 0) is 17.0 Å². The smallest absolute Gasteiger partial charge is 0.279 e. The summed E-state index contributed by atoms with van der Waals surface area (Å²) in [7, 11) is 0. The molecule has 1 unspecified atom stereocenters. The largest absolute Gasteiger partial charge is 0.350 e. The number of non-ortho nitro benzene ring substituents is 1. The number of fused-ring (bicyclic) bond motifs is 3. The normalized spacial score (nSPS) is 18.0. The number of nitro benzene ring substituents is 1.